The number of nitrogens with zero attached hydrogens (tertiary/aromatic N) is 4. The highest BCUT2D eigenvalue weighted by Gasteiger charge is 2.61. The van der Waals surface area contributed by atoms with Gasteiger partial charge in [0.2, 0.25) is 0 Å². The summed E-state index contributed by atoms with van der Waals surface area (Å²) >= 11 is 0. The topological polar surface area (TPSA) is 99.3 Å². The van der Waals surface area contributed by atoms with Gasteiger partial charge in [0.05, 0.1) is 18.8 Å². The number of anilines is 3. The lowest BCUT2D eigenvalue weighted by atomic mass is 10.00. The number of hydrogen-bond acceptors (Lipinski definition) is 7. The number of urea groups is 1. The van der Waals surface area contributed by atoms with Gasteiger partial charge in [0, 0.05) is 50.9 Å². The molecule has 4 heterocycles. The van der Waals surface area contributed by atoms with Crippen molar-refractivity contribution in [3.8, 4) is 11.1 Å². The van der Waals surface area contributed by atoms with E-state index in [9.17, 15) is 9.59 Å². The predicted octanol–water partition coefficient (Wildman–Crippen LogP) is 5.26. The Kier molecular flexibility index (Phi) is 7.91. The van der Waals surface area contributed by atoms with E-state index in [1.807, 2.05) is 31.7 Å². The maximum atomic E-state index is 13.1. The van der Waals surface area contributed by atoms with Crippen molar-refractivity contribution in [3.05, 3.63) is 35.9 Å². The molecule has 10 heteroatoms. The molecule has 10 nitrogen and oxygen atoms in total. The van der Waals surface area contributed by atoms with Crippen LogP contribution in [0.2, 0.25) is 0 Å². The van der Waals surface area contributed by atoms with Crippen LogP contribution in [0.5, 0.6) is 0 Å². The van der Waals surface area contributed by atoms with Crippen LogP contribution < -0.4 is 20.4 Å². The fraction of sp³-hybridized carbons (Fsp3) is 0.606. The number of aromatic nitrogens is 1. The molecule has 2 N–H and O–H groups in total. The number of ether oxygens (including phenoxy) is 2. The molecule has 4 aliphatic rings. The van der Waals surface area contributed by atoms with Crippen LogP contribution in [0.3, 0.4) is 0 Å². The van der Waals surface area contributed by atoms with E-state index in [2.05, 4.69) is 58.5 Å². The third kappa shape index (κ3) is 6.54. The van der Waals surface area contributed by atoms with Crippen LogP contribution in [0, 0.1) is 18.8 Å². The standard InChI is InChI=1S/C33H46N6O4/c1-6-23-9-10-38(19-23)30(40)34-26-8-7-22(2)27(17-26)24-15-28(37-11-13-42-14-12-37)35-29(16-24)39-20-25-18-33(25,21-39)36-31(41)43-32(3,4)5/h7-8,15-17,23,25H,6,9-14,18-21H2,1-5H3,(H,34,40)(H,36,41)/t23-,25?,33+/m1/s1. The summed E-state index contributed by atoms with van der Waals surface area (Å²) in [5.41, 5.74) is 3.23. The van der Waals surface area contributed by atoms with Crippen molar-refractivity contribution in [2.24, 2.45) is 11.8 Å². The molecule has 0 bridgehead atoms. The molecule has 3 amide bonds. The van der Waals surface area contributed by atoms with E-state index in [0.717, 1.165) is 86.0 Å². The Morgan fingerprint density at radius 1 is 1.07 bits per heavy atom. The lowest BCUT2D eigenvalue weighted by Gasteiger charge is -2.30. The number of aryl methyl sites for hydroxylation is 1. The Labute approximate surface area is 255 Å². The fourth-order valence-corrected chi connectivity index (χ4v) is 6.70. The summed E-state index contributed by atoms with van der Waals surface area (Å²) in [6.45, 7) is 16.0. The fourth-order valence-electron chi connectivity index (χ4n) is 6.70. The zero-order chi connectivity index (χ0) is 30.4. The van der Waals surface area contributed by atoms with Crippen LogP contribution in [0.25, 0.3) is 11.1 Å². The SMILES string of the molecule is CC[C@@H]1CCN(C(=O)Nc2ccc(C)c(-c3cc(N4CCOCC4)nc(N4CC5C[C@]5(NC(=O)OC(C)(C)C)C4)c3)c2)C1. The number of hydrogen-bond donors (Lipinski definition) is 2. The van der Waals surface area contributed by atoms with E-state index in [1.165, 1.54) is 0 Å². The first-order chi connectivity index (χ1) is 20.5. The molecule has 1 aliphatic carbocycles. The second kappa shape index (κ2) is 11.5. The van der Waals surface area contributed by atoms with Gasteiger partial charge in [-0.3, -0.25) is 0 Å². The summed E-state index contributed by atoms with van der Waals surface area (Å²) in [6, 6.07) is 10.4. The molecule has 43 heavy (non-hydrogen) atoms. The maximum Gasteiger partial charge on any atom is 0.408 e. The van der Waals surface area contributed by atoms with Crippen molar-refractivity contribution in [3.63, 3.8) is 0 Å². The van der Waals surface area contributed by atoms with E-state index in [1.54, 1.807) is 0 Å². The van der Waals surface area contributed by atoms with E-state index >= 15 is 0 Å². The summed E-state index contributed by atoms with van der Waals surface area (Å²) < 4.78 is 11.2. The number of fused-ring (bicyclic) bond motifs is 1. The number of morpholine rings is 1. The molecular formula is C33H46N6O4. The Morgan fingerprint density at radius 2 is 1.81 bits per heavy atom. The Morgan fingerprint density at radius 3 is 2.51 bits per heavy atom. The molecule has 3 atom stereocenters. The van der Waals surface area contributed by atoms with Crippen molar-refractivity contribution in [2.75, 3.05) is 67.6 Å². The number of amides is 3. The lowest BCUT2D eigenvalue weighted by molar-refractivity contribution is 0.0498. The highest BCUT2D eigenvalue weighted by atomic mass is 16.6. The number of likely N-dealkylation sites (tertiary alicyclic amines) is 1. The second-order valence-corrected chi connectivity index (χ2v) is 13.7. The second-order valence-electron chi connectivity index (χ2n) is 13.7. The number of nitrogens with one attached hydrogen (secondary N) is 2. The van der Waals surface area contributed by atoms with Crippen molar-refractivity contribution >= 4 is 29.4 Å². The summed E-state index contributed by atoms with van der Waals surface area (Å²) in [6.07, 6.45) is 2.76. The van der Waals surface area contributed by atoms with Crippen LogP contribution in [-0.2, 0) is 9.47 Å². The zero-order valence-corrected chi connectivity index (χ0v) is 26.2. The Balaban J connectivity index is 1.26. The first-order valence-electron chi connectivity index (χ1n) is 15.8. The molecular weight excluding hydrogens is 544 g/mol. The zero-order valence-electron chi connectivity index (χ0n) is 26.2. The molecule has 0 spiro atoms. The quantitative estimate of drug-likeness (QED) is 0.474. The number of alkyl carbamates (subject to hydrolysis) is 1. The number of pyridine rings is 1. The normalized spacial score (nSPS) is 25.0. The van der Waals surface area contributed by atoms with Gasteiger partial charge in [0.1, 0.15) is 17.2 Å². The Hall–Kier alpha value is -3.53. The van der Waals surface area contributed by atoms with Crippen molar-refractivity contribution in [1.29, 1.82) is 0 Å². The number of carbonyl (C=O) groups excluding carboxylic acids is 2. The van der Waals surface area contributed by atoms with Gasteiger partial charge in [-0.05, 0) is 87.4 Å². The molecule has 232 valence electrons. The van der Waals surface area contributed by atoms with Crippen molar-refractivity contribution in [2.45, 2.75) is 65.0 Å². The van der Waals surface area contributed by atoms with E-state index < -0.39 is 5.60 Å². The van der Waals surface area contributed by atoms with Gasteiger partial charge in [-0.15, -0.1) is 0 Å². The van der Waals surface area contributed by atoms with Gasteiger partial charge in [-0.1, -0.05) is 19.4 Å². The van der Waals surface area contributed by atoms with Gasteiger partial charge in [-0.25, -0.2) is 14.6 Å². The summed E-state index contributed by atoms with van der Waals surface area (Å²) in [5.74, 6) is 2.77. The number of piperidine rings is 1. The first-order valence-corrected chi connectivity index (χ1v) is 15.8. The molecule has 3 saturated heterocycles. The molecule has 1 aromatic carbocycles. The molecule has 1 unspecified atom stereocenters. The first kappa shape index (κ1) is 29.5. The summed E-state index contributed by atoms with van der Waals surface area (Å²) in [5, 5.41) is 6.32. The summed E-state index contributed by atoms with van der Waals surface area (Å²) in [4.78, 5) is 37.3. The number of benzene rings is 1. The molecule has 1 saturated carbocycles. The van der Waals surface area contributed by atoms with Gasteiger partial charge < -0.3 is 34.8 Å². The number of rotatable bonds is 6. The van der Waals surface area contributed by atoms with Crippen LogP contribution in [0.1, 0.15) is 52.5 Å². The average Bonchev–Trinajstić information content (AvgIpc) is 3.28. The molecule has 2 aromatic rings. The lowest BCUT2D eigenvalue weighted by Crippen LogP contribution is -2.44. The van der Waals surface area contributed by atoms with Crippen LogP contribution in [-0.4, -0.2) is 85.6 Å². The van der Waals surface area contributed by atoms with Gasteiger partial charge >= 0.3 is 12.1 Å². The maximum absolute atomic E-state index is 13.1. The number of carbonyl (C=O) groups is 2. The van der Waals surface area contributed by atoms with Crippen LogP contribution in [0.4, 0.5) is 26.9 Å². The average molecular weight is 591 g/mol. The van der Waals surface area contributed by atoms with E-state index in [-0.39, 0.29) is 17.7 Å². The highest BCUT2D eigenvalue weighted by Crippen LogP contribution is 2.51. The highest BCUT2D eigenvalue weighted by molar-refractivity contribution is 5.91. The van der Waals surface area contributed by atoms with Gasteiger partial charge in [0.25, 0.3) is 0 Å². The molecule has 4 fully saturated rings. The van der Waals surface area contributed by atoms with E-state index in [4.69, 9.17) is 14.5 Å². The van der Waals surface area contributed by atoms with Gasteiger partial charge in [-0.2, -0.15) is 0 Å². The van der Waals surface area contributed by atoms with Crippen LogP contribution >= 0.6 is 0 Å². The van der Waals surface area contributed by atoms with Gasteiger partial charge in [0.15, 0.2) is 0 Å². The minimum Gasteiger partial charge on any atom is -0.444 e. The largest absolute Gasteiger partial charge is 0.444 e. The molecule has 0 radical (unpaired) electrons. The van der Waals surface area contributed by atoms with Crippen LogP contribution in [0.15, 0.2) is 30.3 Å². The molecule has 3 aliphatic heterocycles. The summed E-state index contributed by atoms with van der Waals surface area (Å²) in [7, 11) is 0. The third-order valence-electron chi connectivity index (χ3n) is 9.30. The predicted molar refractivity (Wildman–Crippen MR) is 169 cm³/mol. The van der Waals surface area contributed by atoms with Crippen molar-refractivity contribution < 1.29 is 19.1 Å². The smallest absolute Gasteiger partial charge is 0.408 e. The third-order valence-corrected chi connectivity index (χ3v) is 9.30. The van der Waals surface area contributed by atoms with Crippen molar-refractivity contribution in [1.82, 2.24) is 15.2 Å². The minimum atomic E-state index is -0.537. The Bertz CT molecular complexity index is 1370. The minimum absolute atomic E-state index is 0.0331. The molecule has 1 aromatic heterocycles. The monoisotopic (exact) mass is 590 g/mol. The van der Waals surface area contributed by atoms with E-state index in [0.29, 0.717) is 31.6 Å². The molecule has 6 rings (SSSR count).